The molecule has 0 unspecified atom stereocenters. The summed E-state index contributed by atoms with van der Waals surface area (Å²) in [5, 5.41) is 0. The molecular formula is C22H24N4O2. The number of anilines is 1. The van der Waals surface area contributed by atoms with E-state index in [0.717, 1.165) is 67.4 Å². The number of benzene rings is 1. The van der Waals surface area contributed by atoms with Gasteiger partial charge < -0.3 is 14.2 Å². The zero-order chi connectivity index (χ0) is 18.9. The quantitative estimate of drug-likeness (QED) is 0.695. The lowest BCUT2D eigenvalue weighted by atomic mass is 9.96. The number of piperidine rings is 1. The van der Waals surface area contributed by atoms with Crippen molar-refractivity contribution in [3.05, 3.63) is 54.0 Å². The number of carbonyl (C=O) groups is 1. The van der Waals surface area contributed by atoms with Crippen LogP contribution in [0.2, 0.25) is 0 Å². The van der Waals surface area contributed by atoms with E-state index in [1.54, 1.807) is 6.20 Å². The highest BCUT2D eigenvalue weighted by Gasteiger charge is 2.29. The van der Waals surface area contributed by atoms with Crippen LogP contribution in [0, 0.1) is 0 Å². The van der Waals surface area contributed by atoms with Crippen LogP contribution in [0.15, 0.2) is 47.0 Å². The Labute approximate surface area is 164 Å². The normalized spacial score (nSPS) is 18.1. The lowest BCUT2D eigenvalue weighted by Gasteiger charge is -2.31. The van der Waals surface area contributed by atoms with Gasteiger partial charge in [0, 0.05) is 38.3 Å². The Morgan fingerprint density at radius 2 is 1.79 bits per heavy atom. The fraction of sp³-hybridized carbons (Fsp3) is 0.409. The first kappa shape index (κ1) is 17.2. The first-order valence-electron chi connectivity index (χ1n) is 10.1. The second-order valence-electron chi connectivity index (χ2n) is 7.66. The summed E-state index contributed by atoms with van der Waals surface area (Å²) in [7, 11) is 0. The maximum absolute atomic E-state index is 13.2. The number of pyridine rings is 1. The zero-order valence-corrected chi connectivity index (χ0v) is 15.9. The Hall–Kier alpha value is -2.89. The van der Waals surface area contributed by atoms with Crippen molar-refractivity contribution < 1.29 is 9.21 Å². The second kappa shape index (κ2) is 7.26. The number of fused-ring (bicyclic) bond motifs is 1. The molecule has 4 heterocycles. The number of nitrogens with zero attached hydrogens (tertiary/aromatic N) is 4. The van der Waals surface area contributed by atoms with Gasteiger partial charge in [0.05, 0.1) is 5.56 Å². The molecule has 28 heavy (non-hydrogen) atoms. The van der Waals surface area contributed by atoms with Gasteiger partial charge in [-0.2, -0.15) is 0 Å². The Morgan fingerprint density at radius 3 is 2.57 bits per heavy atom. The van der Waals surface area contributed by atoms with E-state index in [4.69, 9.17) is 4.42 Å². The van der Waals surface area contributed by atoms with E-state index in [0.29, 0.717) is 0 Å². The number of amides is 1. The highest BCUT2D eigenvalue weighted by molar-refractivity contribution is 5.99. The van der Waals surface area contributed by atoms with Crippen LogP contribution >= 0.6 is 0 Å². The number of hydrogen-bond acceptors (Lipinski definition) is 5. The number of likely N-dealkylation sites (tertiary alicyclic amines) is 1. The number of aromatic nitrogens is 2. The van der Waals surface area contributed by atoms with E-state index in [-0.39, 0.29) is 11.8 Å². The van der Waals surface area contributed by atoms with E-state index in [1.807, 2.05) is 41.3 Å². The Morgan fingerprint density at radius 1 is 1.00 bits per heavy atom. The van der Waals surface area contributed by atoms with Crippen molar-refractivity contribution in [2.45, 2.75) is 31.6 Å². The fourth-order valence-electron chi connectivity index (χ4n) is 4.31. The molecule has 2 saturated heterocycles. The molecule has 2 aromatic heterocycles. The molecule has 2 aliphatic heterocycles. The molecule has 5 rings (SSSR count). The monoisotopic (exact) mass is 376 g/mol. The molecule has 0 radical (unpaired) electrons. The molecule has 0 N–H and O–H groups in total. The van der Waals surface area contributed by atoms with Gasteiger partial charge in [-0.25, -0.2) is 9.97 Å². The maximum Gasteiger partial charge on any atom is 0.257 e. The smallest absolute Gasteiger partial charge is 0.257 e. The fourth-order valence-corrected chi connectivity index (χ4v) is 4.31. The van der Waals surface area contributed by atoms with Gasteiger partial charge in [0.2, 0.25) is 0 Å². The van der Waals surface area contributed by atoms with Crippen LogP contribution in [0.25, 0.3) is 11.1 Å². The standard InChI is InChI=1S/C22H24N4O2/c27-22(17-6-5-11-23-20(17)25-12-3-4-13-25)26-14-9-16(10-15-26)21-24-18-7-1-2-8-19(18)28-21/h1-2,5-8,11,16H,3-4,9-10,12-15H2. The SMILES string of the molecule is O=C(c1cccnc1N1CCCC1)N1CCC(c2nc3ccccc3o2)CC1. The number of para-hydroxylation sites is 2. The van der Waals surface area contributed by atoms with Crippen LogP contribution in [0.3, 0.4) is 0 Å². The van der Waals surface area contributed by atoms with Crippen molar-refractivity contribution in [2.24, 2.45) is 0 Å². The van der Waals surface area contributed by atoms with Crippen molar-refractivity contribution >= 4 is 22.8 Å². The predicted molar refractivity (Wildman–Crippen MR) is 108 cm³/mol. The van der Waals surface area contributed by atoms with Crippen LogP contribution in [-0.2, 0) is 0 Å². The van der Waals surface area contributed by atoms with E-state index in [9.17, 15) is 4.79 Å². The van der Waals surface area contributed by atoms with Crippen molar-refractivity contribution in [1.82, 2.24) is 14.9 Å². The van der Waals surface area contributed by atoms with Gasteiger partial charge >= 0.3 is 0 Å². The summed E-state index contributed by atoms with van der Waals surface area (Å²) >= 11 is 0. The highest BCUT2D eigenvalue weighted by Crippen LogP contribution is 2.31. The third-order valence-corrected chi connectivity index (χ3v) is 5.86. The number of hydrogen-bond donors (Lipinski definition) is 0. The predicted octanol–water partition coefficient (Wildman–Crippen LogP) is 3.84. The van der Waals surface area contributed by atoms with Gasteiger partial charge in [-0.05, 0) is 49.9 Å². The van der Waals surface area contributed by atoms with Crippen molar-refractivity contribution in [2.75, 3.05) is 31.1 Å². The summed E-state index contributed by atoms with van der Waals surface area (Å²) in [5.41, 5.74) is 2.47. The van der Waals surface area contributed by atoms with Crippen molar-refractivity contribution in [1.29, 1.82) is 0 Å². The summed E-state index contributed by atoms with van der Waals surface area (Å²) in [6.45, 7) is 3.40. The van der Waals surface area contributed by atoms with Gasteiger partial charge in [0.15, 0.2) is 11.5 Å². The van der Waals surface area contributed by atoms with E-state index >= 15 is 0 Å². The molecule has 1 aromatic carbocycles. The first-order valence-corrected chi connectivity index (χ1v) is 10.1. The molecule has 144 valence electrons. The lowest BCUT2D eigenvalue weighted by molar-refractivity contribution is 0.0707. The average molecular weight is 376 g/mol. The summed E-state index contributed by atoms with van der Waals surface area (Å²) in [5.74, 6) is 1.99. The summed E-state index contributed by atoms with van der Waals surface area (Å²) in [6, 6.07) is 11.6. The largest absolute Gasteiger partial charge is 0.440 e. The molecule has 0 aliphatic carbocycles. The maximum atomic E-state index is 13.2. The molecule has 0 spiro atoms. The van der Waals surface area contributed by atoms with Gasteiger partial charge in [0.1, 0.15) is 11.3 Å². The van der Waals surface area contributed by atoms with E-state index < -0.39 is 0 Å². The Bertz CT molecular complexity index is 952. The second-order valence-corrected chi connectivity index (χ2v) is 7.66. The van der Waals surface area contributed by atoms with E-state index in [1.165, 1.54) is 12.8 Å². The topological polar surface area (TPSA) is 62.5 Å². The molecule has 2 fully saturated rings. The van der Waals surface area contributed by atoms with Crippen LogP contribution in [0.1, 0.15) is 47.8 Å². The van der Waals surface area contributed by atoms with Crippen LogP contribution in [0.4, 0.5) is 5.82 Å². The molecule has 0 atom stereocenters. The molecule has 6 heteroatoms. The Kier molecular flexibility index (Phi) is 4.47. The van der Waals surface area contributed by atoms with Crippen molar-refractivity contribution in [3.63, 3.8) is 0 Å². The number of oxazole rings is 1. The molecule has 3 aromatic rings. The minimum atomic E-state index is 0.0889. The summed E-state index contributed by atoms with van der Waals surface area (Å²) in [6.07, 6.45) is 5.86. The average Bonchev–Trinajstić information content (AvgIpc) is 3.43. The summed E-state index contributed by atoms with van der Waals surface area (Å²) < 4.78 is 5.94. The van der Waals surface area contributed by atoms with Crippen molar-refractivity contribution in [3.8, 4) is 0 Å². The molecule has 0 saturated carbocycles. The molecule has 6 nitrogen and oxygen atoms in total. The number of carbonyl (C=O) groups excluding carboxylic acids is 1. The summed E-state index contributed by atoms with van der Waals surface area (Å²) in [4.78, 5) is 26.5. The first-order chi connectivity index (χ1) is 13.8. The molecule has 1 amide bonds. The molecule has 2 aliphatic rings. The van der Waals surface area contributed by atoms with Gasteiger partial charge in [-0.1, -0.05) is 12.1 Å². The minimum Gasteiger partial charge on any atom is -0.440 e. The third-order valence-electron chi connectivity index (χ3n) is 5.86. The molecule has 0 bridgehead atoms. The Balaban J connectivity index is 1.30. The number of rotatable bonds is 3. The minimum absolute atomic E-state index is 0.0889. The van der Waals surface area contributed by atoms with Gasteiger partial charge in [-0.15, -0.1) is 0 Å². The van der Waals surface area contributed by atoms with Crippen LogP contribution in [0.5, 0.6) is 0 Å². The van der Waals surface area contributed by atoms with Gasteiger partial charge in [-0.3, -0.25) is 4.79 Å². The van der Waals surface area contributed by atoms with Gasteiger partial charge in [0.25, 0.3) is 5.91 Å². The third kappa shape index (κ3) is 3.13. The zero-order valence-electron chi connectivity index (χ0n) is 15.9. The van der Waals surface area contributed by atoms with Crippen LogP contribution in [-0.4, -0.2) is 47.0 Å². The van der Waals surface area contributed by atoms with Crippen LogP contribution < -0.4 is 4.90 Å². The highest BCUT2D eigenvalue weighted by atomic mass is 16.3. The molecular weight excluding hydrogens is 352 g/mol. The van der Waals surface area contributed by atoms with E-state index in [2.05, 4.69) is 14.9 Å². The lowest BCUT2D eigenvalue weighted by Crippen LogP contribution is -2.39.